The molecule has 2 aromatic heterocycles. The highest BCUT2D eigenvalue weighted by atomic mass is 19.4. The van der Waals surface area contributed by atoms with Gasteiger partial charge in [-0.2, -0.15) is 17.6 Å². The topological polar surface area (TPSA) is 128 Å². The molecule has 41 heavy (non-hydrogen) atoms. The third-order valence-corrected chi connectivity index (χ3v) is 7.76. The highest BCUT2D eigenvalue weighted by Crippen LogP contribution is 2.55. The van der Waals surface area contributed by atoms with Crippen LogP contribution in [0.1, 0.15) is 44.2 Å². The first kappa shape index (κ1) is 28.4. The van der Waals surface area contributed by atoms with Gasteiger partial charge in [0.05, 0.1) is 7.11 Å². The van der Waals surface area contributed by atoms with E-state index in [1.807, 2.05) is 0 Å². The Hall–Kier alpha value is -4.14. The highest BCUT2D eigenvalue weighted by Gasteiger charge is 2.66. The molecule has 3 heterocycles. The van der Waals surface area contributed by atoms with E-state index in [-0.39, 0.29) is 23.1 Å². The van der Waals surface area contributed by atoms with Gasteiger partial charge in [-0.25, -0.2) is 18.7 Å². The van der Waals surface area contributed by atoms with Crippen LogP contribution in [0.4, 0.5) is 27.6 Å². The van der Waals surface area contributed by atoms with E-state index in [1.54, 1.807) is 0 Å². The maximum absolute atomic E-state index is 14.6. The number of imidazole rings is 1. The van der Waals surface area contributed by atoms with Gasteiger partial charge in [-0.1, -0.05) is 13.0 Å². The summed E-state index contributed by atoms with van der Waals surface area (Å²) in [5, 5.41) is 23.0. The minimum absolute atomic E-state index is 0.0437. The van der Waals surface area contributed by atoms with Gasteiger partial charge in [0.15, 0.2) is 17.2 Å². The van der Waals surface area contributed by atoms with E-state index in [1.165, 1.54) is 13.0 Å². The summed E-state index contributed by atoms with van der Waals surface area (Å²) in [4.78, 5) is 30.3. The SMILES string of the molecule is COc1c([C@H]2[C@H](C(=O)Nc3ccnc(-n4c(O)c(O)n(C5CC5)c4=O)c3)O[C@@](C)(C(F)(F)F)[C@H]2C)ccc(F)c1F. The van der Waals surface area contributed by atoms with Gasteiger partial charge in [0.2, 0.25) is 5.82 Å². The predicted molar refractivity (Wildman–Crippen MR) is 132 cm³/mol. The first-order valence-electron chi connectivity index (χ1n) is 12.5. The van der Waals surface area contributed by atoms with Crippen LogP contribution in [0.3, 0.4) is 0 Å². The van der Waals surface area contributed by atoms with E-state index < -0.39 is 70.5 Å². The van der Waals surface area contributed by atoms with Gasteiger partial charge < -0.3 is 25.0 Å². The van der Waals surface area contributed by atoms with Crippen molar-refractivity contribution in [3.8, 4) is 23.3 Å². The van der Waals surface area contributed by atoms with E-state index in [0.717, 1.165) is 43.0 Å². The zero-order valence-corrected chi connectivity index (χ0v) is 21.9. The summed E-state index contributed by atoms with van der Waals surface area (Å²) in [6.45, 7) is 1.95. The van der Waals surface area contributed by atoms with Crippen LogP contribution in [0.2, 0.25) is 0 Å². The molecule has 10 nitrogen and oxygen atoms in total. The molecular formula is C26H25F5N4O6. The van der Waals surface area contributed by atoms with Crippen LogP contribution in [0.5, 0.6) is 17.5 Å². The number of hydrogen-bond acceptors (Lipinski definition) is 7. The standard InChI is InChI=1S/C26H25F5N4O6/c1-11-17(14-6-7-15(27)18(28)19(14)40-3)20(41-25(11,2)26(29,30)31)21(36)33-12-8-9-32-16(10-12)35-23(38)22(37)34(24(35)39)13-4-5-13/h6-11,13,17,20,37-38H,4-5H2,1-3H3,(H,32,33,36)/t11-,17-,20+,25+/m0/s1. The largest absolute Gasteiger partial charge is 0.493 e. The monoisotopic (exact) mass is 584 g/mol. The van der Waals surface area contributed by atoms with Gasteiger partial charge in [0.1, 0.15) is 11.9 Å². The summed E-state index contributed by atoms with van der Waals surface area (Å²) in [6.07, 6.45) is -4.37. The van der Waals surface area contributed by atoms with Crippen molar-refractivity contribution in [2.45, 2.75) is 56.5 Å². The second kappa shape index (κ2) is 9.75. The molecule has 5 rings (SSSR count). The van der Waals surface area contributed by atoms with E-state index in [0.29, 0.717) is 17.4 Å². The number of carbonyl (C=O) groups excluding carboxylic acids is 1. The molecule has 3 N–H and O–H groups in total. The molecule has 3 aromatic rings. The summed E-state index contributed by atoms with van der Waals surface area (Å²) in [7, 11) is 1.02. The van der Waals surface area contributed by atoms with Gasteiger partial charge in [-0.15, -0.1) is 0 Å². The molecule has 1 aliphatic heterocycles. The average molecular weight is 584 g/mol. The Bertz CT molecular complexity index is 1580. The molecule has 1 saturated heterocycles. The van der Waals surface area contributed by atoms with E-state index in [4.69, 9.17) is 9.47 Å². The number of ether oxygens (including phenoxy) is 2. The molecule has 0 bridgehead atoms. The van der Waals surface area contributed by atoms with Crippen molar-refractivity contribution in [2.75, 3.05) is 12.4 Å². The van der Waals surface area contributed by atoms with Gasteiger partial charge >= 0.3 is 11.9 Å². The number of halogens is 5. The van der Waals surface area contributed by atoms with Crippen LogP contribution in [-0.2, 0) is 9.53 Å². The fourth-order valence-electron chi connectivity index (χ4n) is 5.24. The summed E-state index contributed by atoms with van der Waals surface area (Å²) >= 11 is 0. The first-order chi connectivity index (χ1) is 19.2. The zero-order chi connectivity index (χ0) is 30.0. The molecule has 2 fully saturated rings. The third kappa shape index (κ3) is 4.47. The second-order valence-corrected chi connectivity index (χ2v) is 10.2. The van der Waals surface area contributed by atoms with Gasteiger partial charge in [0.25, 0.3) is 17.7 Å². The van der Waals surface area contributed by atoms with Crippen molar-refractivity contribution >= 4 is 11.6 Å². The number of nitrogens with zero attached hydrogens (tertiary/aromatic N) is 3. The summed E-state index contributed by atoms with van der Waals surface area (Å²) < 4.78 is 83.0. The second-order valence-electron chi connectivity index (χ2n) is 10.2. The molecule has 220 valence electrons. The Balaban J connectivity index is 1.52. The number of hydrogen-bond donors (Lipinski definition) is 3. The molecule has 0 spiro atoms. The molecule has 1 saturated carbocycles. The minimum Gasteiger partial charge on any atom is -0.493 e. The lowest BCUT2D eigenvalue weighted by Gasteiger charge is -2.32. The summed E-state index contributed by atoms with van der Waals surface area (Å²) in [5.74, 6) is -8.95. The molecule has 1 aliphatic carbocycles. The first-order valence-corrected chi connectivity index (χ1v) is 12.5. The van der Waals surface area contributed by atoms with Crippen molar-refractivity contribution in [2.24, 2.45) is 5.92 Å². The number of methoxy groups -OCH3 is 1. The van der Waals surface area contributed by atoms with Crippen molar-refractivity contribution < 1.29 is 46.4 Å². The summed E-state index contributed by atoms with van der Waals surface area (Å²) in [5.41, 5.74) is -3.87. The lowest BCUT2D eigenvalue weighted by atomic mass is 9.77. The Morgan fingerprint density at radius 2 is 1.88 bits per heavy atom. The number of benzene rings is 1. The Morgan fingerprint density at radius 3 is 2.49 bits per heavy atom. The van der Waals surface area contributed by atoms with E-state index >= 15 is 0 Å². The van der Waals surface area contributed by atoms with Crippen molar-refractivity contribution in [3.05, 3.63) is 58.1 Å². The lowest BCUT2D eigenvalue weighted by Crippen LogP contribution is -2.47. The fourth-order valence-corrected chi connectivity index (χ4v) is 5.24. The number of carbonyl (C=O) groups is 1. The lowest BCUT2D eigenvalue weighted by molar-refractivity contribution is -0.272. The van der Waals surface area contributed by atoms with Crippen LogP contribution < -0.4 is 15.7 Å². The van der Waals surface area contributed by atoms with Gasteiger partial charge in [0, 0.05) is 41.4 Å². The average Bonchev–Trinajstić information content (AvgIpc) is 3.66. The molecule has 15 heteroatoms. The normalized spacial score (nSPS) is 24.4. The van der Waals surface area contributed by atoms with Gasteiger partial charge in [-0.05, 0) is 31.9 Å². The maximum atomic E-state index is 14.6. The summed E-state index contributed by atoms with van der Waals surface area (Å²) in [6, 6.07) is 3.91. The minimum atomic E-state index is -4.94. The smallest absolute Gasteiger partial charge is 0.417 e. The van der Waals surface area contributed by atoms with E-state index in [2.05, 4.69) is 10.3 Å². The number of amides is 1. The molecule has 4 atom stereocenters. The van der Waals surface area contributed by atoms with Crippen LogP contribution in [0, 0.1) is 17.6 Å². The van der Waals surface area contributed by atoms with Crippen LogP contribution in [0.25, 0.3) is 5.82 Å². The number of alkyl halides is 3. The molecule has 0 radical (unpaired) electrons. The number of pyridine rings is 1. The predicted octanol–water partition coefficient (Wildman–Crippen LogP) is 4.15. The molecule has 0 unspecified atom stereocenters. The molecule has 2 aliphatic rings. The van der Waals surface area contributed by atoms with Crippen molar-refractivity contribution in [1.29, 1.82) is 0 Å². The Kier molecular flexibility index (Phi) is 6.75. The van der Waals surface area contributed by atoms with Crippen LogP contribution in [0.15, 0.2) is 35.3 Å². The number of aromatic nitrogens is 3. The van der Waals surface area contributed by atoms with Crippen LogP contribution in [-0.4, -0.2) is 55.2 Å². The van der Waals surface area contributed by atoms with Crippen molar-refractivity contribution in [3.63, 3.8) is 0 Å². The number of aromatic hydroxyl groups is 2. The Labute approximate surface area is 228 Å². The van der Waals surface area contributed by atoms with Gasteiger partial charge in [-0.3, -0.25) is 9.36 Å². The quantitative estimate of drug-likeness (QED) is 0.372. The maximum Gasteiger partial charge on any atom is 0.417 e. The van der Waals surface area contributed by atoms with Crippen molar-refractivity contribution in [1.82, 2.24) is 14.1 Å². The third-order valence-electron chi connectivity index (χ3n) is 7.76. The van der Waals surface area contributed by atoms with Crippen LogP contribution >= 0.6 is 0 Å². The molecular weight excluding hydrogens is 559 g/mol. The number of rotatable bonds is 6. The fraction of sp³-hybridized carbons (Fsp3) is 0.423. The van der Waals surface area contributed by atoms with E-state index in [9.17, 15) is 41.8 Å². The number of anilines is 1. The Morgan fingerprint density at radius 1 is 1.20 bits per heavy atom. The number of nitrogens with one attached hydrogen (secondary N) is 1. The molecule has 1 amide bonds. The zero-order valence-electron chi connectivity index (χ0n) is 21.9. The molecule has 1 aromatic carbocycles. The highest BCUT2D eigenvalue weighted by molar-refractivity contribution is 5.95.